The number of piperidine rings is 1. The monoisotopic (exact) mass is 403 g/mol. The average Bonchev–Trinajstić information content (AvgIpc) is 2.69. The molecule has 28 heavy (non-hydrogen) atoms. The zero-order valence-electron chi connectivity index (χ0n) is 15.6. The zero-order valence-corrected chi connectivity index (χ0v) is 16.4. The van der Waals surface area contributed by atoms with Gasteiger partial charge in [-0.05, 0) is 56.5 Å². The van der Waals surface area contributed by atoms with E-state index < -0.39 is 10.8 Å². The molecule has 148 valence electrons. The second-order valence-corrected chi connectivity index (χ2v) is 6.95. The van der Waals surface area contributed by atoms with Crippen LogP contribution < -0.4 is 15.0 Å². The van der Waals surface area contributed by atoms with E-state index in [1.165, 1.54) is 24.6 Å². The van der Waals surface area contributed by atoms with Gasteiger partial charge in [-0.15, -0.1) is 0 Å². The van der Waals surface area contributed by atoms with Gasteiger partial charge in [-0.25, -0.2) is 0 Å². The number of benzene rings is 2. The number of ether oxygens (including phenoxy) is 1. The van der Waals surface area contributed by atoms with E-state index in [9.17, 15) is 14.9 Å². The highest BCUT2D eigenvalue weighted by Crippen LogP contribution is 2.32. The molecule has 1 heterocycles. The number of nitro benzene ring substituents is 1. The van der Waals surface area contributed by atoms with E-state index in [0.717, 1.165) is 31.6 Å². The molecule has 0 atom stereocenters. The molecule has 1 N–H and O–H groups in total. The molecule has 0 aliphatic carbocycles. The minimum absolute atomic E-state index is 0.137. The molecule has 2 aromatic rings. The van der Waals surface area contributed by atoms with Gasteiger partial charge in [0.05, 0.1) is 22.2 Å². The molecule has 0 bridgehead atoms. The Balaban J connectivity index is 1.76. The van der Waals surface area contributed by atoms with Crippen LogP contribution in [-0.4, -0.2) is 30.5 Å². The van der Waals surface area contributed by atoms with Crippen LogP contribution in [0.25, 0.3) is 0 Å². The van der Waals surface area contributed by atoms with Gasteiger partial charge in [0.15, 0.2) is 5.75 Å². The third-order valence-corrected chi connectivity index (χ3v) is 4.92. The molecule has 0 aromatic heterocycles. The fourth-order valence-corrected chi connectivity index (χ4v) is 3.56. The molecule has 3 rings (SSSR count). The van der Waals surface area contributed by atoms with E-state index in [2.05, 4.69) is 10.2 Å². The lowest BCUT2D eigenvalue weighted by molar-refractivity contribution is -0.385. The number of halogens is 1. The quantitative estimate of drug-likeness (QED) is 0.548. The lowest BCUT2D eigenvalue weighted by atomic mass is 10.1. The van der Waals surface area contributed by atoms with Gasteiger partial charge in [-0.3, -0.25) is 14.9 Å². The smallest absolute Gasteiger partial charge is 0.311 e. The molecule has 0 spiro atoms. The van der Waals surface area contributed by atoms with Gasteiger partial charge >= 0.3 is 5.69 Å². The van der Waals surface area contributed by atoms with Crippen LogP contribution in [0.15, 0.2) is 36.4 Å². The molecule has 1 aliphatic rings. The maximum absolute atomic E-state index is 12.5. The Morgan fingerprint density at radius 1 is 1.21 bits per heavy atom. The maximum atomic E-state index is 12.5. The first-order valence-electron chi connectivity index (χ1n) is 9.26. The van der Waals surface area contributed by atoms with E-state index in [1.54, 1.807) is 19.1 Å². The number of anilines is 2. The second-order valence-electron chi connectivity index (χ2n) is 6.54. The fraction of sp³-hybridized carbons (Fsp3) is 0.350. The molecular formula is C20H22ClN3O4. The van der Waals surface area contributed by atoms with Crippen molar-refractivity contribution in [3.05, 3.63) is 57.1 Å². The summed E-state index contributed by atoms with van der Waals surface area (Å²) in [7, 11) is 0. The highest BCUT2D eigenvalue weighted by atomic mass is 35.5. The largest absolute Gasteiger partial charge is 0.487 e. The normalized spacial score (nSPS) is 13.9. The molecule has 1 aliphatic heterocycles. The van der Waals surface area contributed by atoms with Crippen molar-refractivity contribution in [2.75, 3.05) is 29.9 Å². The third kappa shape index (κ3) is 4.54. The van der Waals surface area contributed by atoms with Crippen molar-refractivity contribution in [1.29, 1.82) is 0 Å². The highest BCUT2D eigenvalue weighted by molar-refractivity contribution is 6.33. The standard InChI is InChI=1S/C20H22ClN3O4/c1-2-28-19-9-6-14(12-18(19)24(26)27)20(25)22-15-7-8-17(16(21)13-15)23-10-4-3-5-11-23/h6-9,12-13H,2-5,10-11H2,1H3,(H,22,25). The zero-order chi connectivity index (χ0) is 20.1. The number of nitrogens with zero attached hydrogens (tertiary/aromatic N) is 2. The molecule has 1 amide bonds. The number of nitro groups is 1. The first kappa shape index (κ1) is 19.9. The Hall–Kier alpha value is -2.80. The fourth-order valence-electron chi connectivity index (χ4n) is 3.26. The number of hydrogen-bond acceptors (Lipinski definition) is 5. The van der Waals surface area contributed by atoms with E-state index >= 15 is 0 Å². The summed E-state index contributed by atoms with van der Waals surface area (Å²) >= 11 is 6.42. The Labute approximate surface area is 168 Å². The predicted molar refractivity (Wildman–Crippen MR) is 110 cm³/mol. The number of hydrogen-bond donors (Lipinski definition) is 1. The summed E-state index contributed by atoms with van der Waals surface area (Å²) < 4.78 is 5.24. The number of carbonyl (C=O) groups is 1. The van der Waals surface area contributed by atoms with Crippen LogP contribution in [0, 0.1) is 10.1 Å². The van der Waals surface area contributed by atoms with Crippen molar-refractivity contribution in [2.45, 2.75) is 26.2 Å². The lowest BCUT2D eigenvalue weighted by Gasteiger charge is -2.29. The van der Waals surface area contributed by atoms with Crippen LogP contribution in [0.1, 0.15) is 36.5 Å². The first-order valence-corrected chi connectivity index (χ1v) is 9.64. The van der Waals surface area contributed by atoms with E-state index in [1.807, 2.05) is 6.07 Å². The molecule has 0 radical (unpaired) electrons. The Morgan fingerprint density at radius 2 is 1.96 bits per heavy atom. The molecule has 2 aromatic carbocycles. The Bertz CT molecular complexity index is 882. The molecular weight excluding hydrogens is 382 g/mol. The van der Waals surface area contributed by atoms with Gasteiger partial charge in [0.2, 0.25) is 0 Å². The van der Waals surface area contributed by atoms with E-state index in [4.69, 9.17) is 16.3 Å². The minimum atomic E-state index is -0.563. The van der Waals surface area contributed by atoms with Gasteiger partial charge in [0.25, 0.3) is 5.91 Å². The number of rotatable bonds is 6. The molecule has 7 nitrogen and oxygen atoms in total. The average molecular weight is 404 g/mol. The summed E-state index contributed by atoms with van der Waals surface area (Å²) in [5.41, 5.74) is 1.42. The summed E-state index contributed by atoms with van der Waals surface area (Å²) in [6, 6.07) is 9.52. The summed E-state index contributed by atoms with van der Waals surface area (Å²) in [5, 5.41) is 14.5. The van der Waals surface area contributed by atoms with Crippen LogP contribution in [0.4, 0.5) is 17.1 Å². The number of nitrogens with one attached hydrogen (secondary N) is 1. The van der Waals surface area contributed by atoms with Crippen LogP contribution in [-0.2, 0) is 0 Å². The van der Waals surface area contributed by atoms with Crippen molar-refractivity contribution in [3.8, 4) is 5.75 Å². The van der Waals surface area contributed by atoms with Crippen LogP contribution in [0.2, 0.25) is 5.02 Å². The Kier molecular flexibility index (Phi) is 6.36. The van der Waals surface area contributed by atoms with Gasteiger partial charge in [-0.2, -0.15) is 0 Å². The maximum Gasteiger partial charge on any atom is 0.311 e. The van der Waals surface area contributed by atoms with Crippen LogP contribution in [0.3, 0.4) is 0 Å². The van der Waals surface area contributed by atoms with Crippen molar-refractivity contribution in [2.24, 2.45) is 0 Å². The van der Waals surface area contributed by atoms with Gasteiger partial charge in [-0.1, -0.05) is 11.6 Å². The van der Waals surface area contributed by atoms with E-state index in [0.29, 0.717) is 17.3 Å². The van der Waals surface area contributed by atoms with Crippen LogP contribution in [0.5, 0.6) is 5.75 Å². The predicted octanol–water partition coefficient (Wildman–Crippen LogP) is 4.89. The second kappa shape index (κ2) is 8.93. The first-order chi connectivity index (χ1) is 13.5. The van der Waals surface area contributed by atoms with Crippen LogP contribution >= 0.6 is 11.6 Å². The summed E-state index contributed by atoms with van der Waals surface area (Å²) in [6.45, 7) is 3.98. The minimum Gasteiger partial charge on any atom is -0.487 e. The molecule has 0 saturated carbocycles. The molecule has 1 fully saturated rings. The lowest BCUT2D eigenvalue weighted by Crippen LogP contribution is -2.29. The topological polar surface area (TPSA) is 84.7 Å². The summed E-state index contributed by atoms with van der Waals surface area (Å²) in [5.74, 6) is -0.314. The van der Waals surface area contributed by atoms with Crippen molar-refractivity contribution in [3.63, 3.8) is 0 Å². The van der Waals surface area contributed by atoms with Crippen molar-refractivity contribution in [1.82, 2.24) is 0 Å². The molecule has 1 saturated heterocycles. The summed E-state index contributed by atoms with van der Waals surface area (Å²) in [6.07, 6.45) is 3.52. The highest BCUT2D eigenvalue weighted by Gasteiger charge is 2.19. The Morgan fingerprint density at radius 3 is 2.61 bits per heavy atom. The van der Waals surface area contributed by atoms with Crippen molar-refractivity contribution < 1.29 is 14.5 Å². The summed E-state index contributed by atoms with van der Waals surface area (Å²) in [4.78, 5) is 25.4. The third-order valence-electron chi connectivity index (χ3n) is 4.62. The molecule has 8 heteroatoms. The van der Waals surface area contributed by atoms with Gasteiger partial charge in [0.1, 0.15) is 0 Å². The van der Waals surface area contributed by atoms with Crippen molar-refractivity contribution >= 4 is 34.6 Å². The molecule has 0 unspecified atom stereocenters. The number of carbonyl (C=O) groups excluding carboxylic acids is 1. The van der Waals surface area contributed by atoms with E-state index in [-0.39, 0.29) is 17.0 Å². The SMILES string of the molecule is CCOc1ccc(C(=O)Nc2ccc(N3CCCCC3)c(Cl)c2)cc1[N+](=O)[O-]. The van der Waals surface area contributed by atoms with Gasteiger partial charge < -0.3 is 15.0 Å². The van der Waals surface area contributed by atoms with Gasteiger partial charge in [0, 0.05) is 30.4 Å². The number of amides is 1.